The molecule has 0 unspecified atom stereocenters. The molecule has 0 amide bonds. The predicted octanol–water partition coefficient (Wildman–Crippen LogP) is 3.51. The van der Waals surface area contributed by atoms with Crippen molar-refractivity contribution in [1.29, 1.82) is 0 Å². The normalized spacial score (nSPS) is 14.9. The Labute approximate surface area is 207 Å². The second-order valence-corrected chi connectivity index (χ2v) is 8.87. The van der Waals surface area contributed by atoms with Crippen molar-refractivity contribution in [2.75, 3.05) is 43.4 Å². The molecule has 14 heteroatoms. The highest BCUT2D eigenvalue weighted by Crippen LogP contribution is 2.29. The lowest BCUT2D eigenvalue weighted by atomic mass is 10.3. The Morgan fingerprint density at radius 3 is 2.68 bits per heavy atom. The van der Waals surface area contributed by atoms with Gasteiger partial charge in [-0.1, -0.05) is 0 Å². The van der Waals surface area contributed by atoms with Gasteiger partial charge in [-0.3, -0.25) is 0 Å². The number of H-pyrrole nitrogens is 1. The lowest BCUT2D eigenvalue weighted by molar-refractivity contribution is 0.0566. The molecule has 1 saturated heterocycles. The Morgan fingerprint density at radius 1 is 1.11 bits per heavy atom. The first kappa shape index (κ1) is 23.2. The largest absolute Gasteiger partial charge is 0.375 e. The number of aromatic nitrogens is 7. The smallest absolute Gasteiger partial charge is 0.333 e. The van der Waals surface area contributed by atoms with Gasteiger partial charge in [0.2, 0.25) is 0 Å². The highest BCUT2D eigenvalue weighted by atomic mass is 19.3. The van der Waals surface area contributed by atoms with Gasteiger partial charge < -0.3 is 20.1 Å². The number of halogens is 4. The molecule has 37 heavy (non-hydrogen) atoms. The molecule has 192 valence electrons. The molecule has 6 rings (SSSR count). The number of hydrogen-bond donors (Lipinski definition) is 2. The average molecular weight is 514 g/mol. The molecule has 1 aliphatic heterocycles. The molecule has 1 fully saturated rings. The number of benzene rings is 1. The molecule has 1 aromatic carbocycles. The van der Waals surface area contributed by atoms with Crippen LogP contribution in [0, 0.1) is 11.6 Å². The van der Waals surface area contributed by atoms with Gasteiger partial charge in [-0.2, -0.15) is 13.9 Å². The van der Waals surface area contributed by atoms with Gasteiger partial charge in [-0.25, -0.2) is 27.9 Å². The van der Waals surface area contributed by atoms with Gasteiger partial charge in [-0.05, 0) is 19.2 Å². The Hall–Kier alpha value is -4.20. The molecule has 0 atom stereocenters. The SMILES string of the molecule is CN1CCN(c2cc(NCc3nc4c(F)c(F)ccc4[nH]3)c3ncc(-c4cnn(C(F)F)c4)n3n2)CC1. The first-order chi connectivity index (χ1) is 17.9. The van der Waals surface area contributed by atoms with Crippen LogP contribution in [-0.2, 0) is 6.54 Å². The summed E-state index contributed by atoms with van der Waals surface area (Å²) in [5.74, 6) is -0.890. The van der Waals surface area contributed by atoms with Crippen molar-refractivity contribution in [1.82, 2.24) is 39.2 Å². The number of imidazole rings is 2. The highest BCUT2D eigenvalue weighted by Gasteiger charge is 2.21. The lowest BCUT2D eigenvalue weighted by Gasteiger charge is -2.33. The van der Waals surface area contributed by atoms with E-state index in [4.69, 9.17) is 5.10 Å². The van der Waals surface area contributed by atoms with Crippen molar-refractivity contribution in [3.63, 3.8) is 0 Å². The van der Waals surface area contributed by atoms with Gasteiger partial charge in [0.15, 0.2) is 23.1 Å². The van der Waals surface area contributed by atoms with E-state index < -0.39 is 18.2 Å². The van der Waals surface area contributed by atoms with Crippen molar-refractivity contribution < 1.29 is 17.6 Å². The molecule has 0 saturated carbocycles. The quantitative estimate of drug-likeness (QED) is 0.335. The number of hydrogen-bond acceptors (Lipinski definition) is 7. The summed E-state index contributed by atoms with van der Waals surface area (Å²) in [7, 11) is 2.05. The number of fused-ring (bicyclic) bond motifs is 2. The summed E-state index contributed by atoms with van der Waals surface area (Å²) in [6.07, 6.45) is 4.13. The molecule has 1 aliphatic rings. The van der Waals surface area contributed by atoms with Crippen LogP contribution in [0.2, 0.25) is 0 Å². The zero-order valence-corrected chi connectivity index (χ0v) is 19.7. The van der Waals surface area contributed by atoms with Gasteiger partial charge in [0.25, 0.3) is 0 Å². The molecule has 5 heterocycles. The summed E-state index contributed by atoms with van der Waals surface area (Å²) < 4.78 is 56.1. The molecule has 4 aromatic heterocycles. The van der Waals surface area contributed by atoms with Crippen LogP contribution >= 0.6 is 0 Å². The summed E-state index contributed by atoms with van der Waals surface area (Å²) >= 11 is 0. The molecule has 2 N–H and O–H groups in total. The van der Waals surface area contributed by atoms with Crippen LogP contribution < -0.4 is 10.2 Å². The number of piperazine rings is 1. The number of nitrogens with one attached hydrogen (secondary N) is 2. The maximum atomic E-state index is 14.1. The van der Waals surface area contributed by atoms with E-state index in [1.54, 1.807) is 10.7 Å². The number of anilines is 2. The van der Waals surface area contributed by atoms with Crippen molar-refractivity contribution in [2.45, 2.75) is 13.1 Å². The summed E-state index contributed by atoms with van der Waals surface area (Å²) in [6, 6.07) is 4.34. The summed E-state index contributed by atoms with van der Waals surface area (Å²) in [6.45, 7) is 0.652. The molecular formula is C23H22F4N10. The lowest BCUT2D eigenvalue weighted by Crippen LogP contribution is -2.45. The van der Waals surface area contributed by atoms with Crippen LogP contribution in [-0.4, -0.2) is 72.5 Å². The van der Waals surface area contributed by atoms with E-state index in [0.717, 1.165) is 32.2 Å². The second-order valence-electron chi connectivity index (χ2n) is 8.87. The molecule has 10 nitrogen and oxygen atoms in total. The van der Waals surface area contributed by atoms with Crippen molar-refractivity contribution in [3.05, 3.63) is 54.2 Å². The van der Waals surface area contributed by atoms with Crippen LogP contribution in [0.5, 0.6) is 0 Å². The van der Waals surface area contributed by atoms with Crippen LogP contribution in [0.3, 0.4) is 0 Å². The highest BCUT2D eigenvalue weighted by molar-refractivity contribution is 5.77. The maximum absolute atomic E-state index is 14.1. The van der Waals surface area contributed by atoms with Gasteiger partial charge in [0.1, 0.15) is 11.3 Å². The molecule has 0 aliphatic carbocycles. The second kappa shape index (κ2) is 9.03. The molecule has 0 bridgehead atoms. The minimum atomic E-state index is -2.76. The number of likely N-dealkylation sites (N-methyl/N-ethyl adjacent to an activating group) is 1. The summed E-state index contributed by atoms with van der Waals surface area (Å²) in [4.78, 5) is 16.0. The summed E-state index contributed by atoms with van der Waals surface area (Å²) in [5.41, 5.74) is 2.33. The zero-order valence-electron chi connectivity index (χ0n) is 19.7. The standard InChI is InChI=1S/C23H22F4N10/c1-34-4-6-35(7-5-34)19-8-16(28-11-18-31-15-3-2-14(24)20(25)21(15)32-18)22-29-10-17(37(22)33-19)13-9-30-36(12-13)23(26)27/h2-3,8-10,12,23,28H,4-7,11H2,1H3,(H,31,32). The van der Waals surface area contributed by atoms with E-state index in [1.165, 1.54) is 18.5 Å². The zero-order chi connectivity index (χ0) is 25.7. The Kier molecular flexibility index (Phi) is 5.67. The molecule has 5 aromatic rings. The maximum Gasteiger partial charge on any atom is 0.333 e. The van der Waals surface area contributed by atoms with Crippen LogP contribution in [0.25, 0.3) is 27.9 Å². The van der Waals surface area contributed by atoms with Gasteiger partial charge >= 0.3 is 6.55 Å². The van der Waals surface area contributed by atoms with Crippen LogP contribution in [0.4, 0.5) is 29.1 Å². The van der Waals surface area contributed by atoms with Crippen molar-refractivity contribution >= 4 is 28.2 Å². The third-order valence-corrected chi connectivity index (χ3v) is 6.42. The molecule has 0 radical (unpaired) electrons. The van der Waals surface area contributed by atoms with E-state index >= 15 is 0 Å². The van der Waals surface area contributed by atoms with Crippen LogP contribution in [0.1, 0.15) is 12.4 Å². The van der Waals surface area contributed by atoms with E-state index in [2.05, 4.69) is 42.2 Å². The Balaban J connectivity index is 1.38. The average Bonchev–Trinajstić information content (AvgIpc) is 3.63. The van der Waals surface area contributed by atoms with Gasteiger partial charge in [0, 0.05) is 44.0 Å². The minimum Gasteiger partial charge on any atom is -0.375 e. The Morgan fingerprint density at radius 2 is 1.92 bits per heavy atom. The predicted molar refractivity (Wildman–Crippen MR) is 129 cm³/mol. The third-order valence-electron chi connectivity index (χ3n) is 6.42. The fourth-order valence-electron chi connectivity index (χ4n) is 4.38. The number of alkyl halides is 2. The molecular weight excluding hydrogens is 492 g/mol. The van der Waals surface area contributed by atoms with E-state index in [1.807, 2.05) is 6.07 Å². The summed E-state index contributed by atoms with van der Waals surface area (Å²) in [5, 5.41) is 11.8. The topological polar surface area (TPSA) is 95.2 Å². The van der Waals surface area contributed by atoms with E-state index in [-0.39, 0.29) is 12.1 Å². The molecule has 0 spiro atoms. The monoisotopic (exact) mass is 514 g/mol. The minimum absolute atomic E-state index is 0.0751. The fraction of sp³-hybridized carbons (Fsp3) is 0.304. The fourth-order valence-corrected chi connectivity index (χ4v) is 4.38. The van der Waals surface area contributed by atoms with Crippen molar-refractivity contribution in [3.8, 4) is 11.3 Å². The first-order valence-corrected chi connectivity index (χ1v) is 11.6. The third kappa shape index (κ3) is 4.22. The number of rotatable bonds is 6. The van der Waals surface area contributed by atoms with Crippen molar-refractivity contribution in [2.24, 2.45) is 0 Å². The Bertz CT molecular complexity index is 1580. The number of nitrogens with zero attached hydrogens (tertiary/aromatic N) is 8. The van der Waals surface area contributed by atoms with E-state index in [9.17, 15) is 17.6 Å². The van der Waals surface area contributed by atoms with E-state index in [0.29, 0.717) is 44.4 Å². The van der Waals surface area contributed by atoms with Gasteiger partial charge in [-0.15, -0.1) is 5.10 Å². The first-order valence-electron chi connectivity index (χ1n) is 11.6. The number of aromatic amines is 1. The van der Waals surface area contributed by atoms with Crippen LogP contribution in [0.15, 0.2) is 36.8 Å². The van der Waals surface area contributed by atoms with Gasteiger partial charge in [0.05, 0.1) is 35.8 Å².